The predicted molar refractivity (Wildman–Crippen MR) is 92.1 cm³/mol. The van der Waals surface area contributed by atoms with Crippen molar-refractivity contribution in [3.8, 4) is 6.07 Å². The zero-order chi connectivity index (χ0) is 18.0. The maximum atomic E-state index is 12.8. The maximum absolute atomic E-state index is 12.8. The fourth-order valence-electron chi connectivity index (χ4n) is 3.59. The molecule has 0 aliphatic carbocycles. The molecule has 1 aromatic carbocycles. The second kappa shape index (κ2) is 7.21. The van der Waals surface area contributed by atoms with E-state index in [0.717, 1.165) is 29.8 Å². The van der Waals surface area contributed by atoms with Crippen LogP contribution in [0, 0.1) is 11.3 Å². The summed E-state index contributed by atoms with van der Waals surface area (Å²) < 4.78 is 0. The Labute approximate surface area is 147 Å². The summed E-state index contributed by atoms with van der Waals surface area (Å²) in [5.74, 6) is -0.182. The van der Waals surface area contributed by atoms with Crippen molar-refractivity contribution in [2.24, 2.45) is 5.73 Å². The lowest BCUT2D eigenvalue weighted by molar-refractivity contribution is -0.135. The third-order valence-electron chi connectivity index (χ3n) is 5.01. The number of hydrogen-bond donors (Lipinski definition) is 1. The molecule has 25 heavy (non-hydrogen) atoms. The van der Waals surface area contributed by atoms with Crippen LogP contribution in [0.25, 0.3) is 0 Å². The van der Waals surface area contributed by atoms with Crippen molar-refractivity contribution in [2.75, 3.05) is 20.1 Å². The number of hydrogen-bond acceptors (Lipinski definition) is 5. The maximum Gasteiger partial charge on any atom is 0.328 e. The fourth-order valence-corrected chi connectivity index (χ4v) is 3.59. The van der Waals surface area contributed by atoms with Gasteiger partial charge in [0.25, 0.3) is 0 Å². The highest BCUT2D eigenvalue weighted by Crippen LogP contribution is 2.25. The van der Waals surface area contributed by atoms with E-state index in [-0.39, 0.29) is 30.6 Å². The number of nitriles is 1. The van der Waals surface area contributed by atoms with Crippen molar-refractivity contribution in [3.05, 3.63) is 35.4 Å². The molecule has 2 saturated heterocycles. The minimum Gasteiger partial charge on any atom is -0.327 e. The molecule has 2 aliphatic heterocycles. The number of likely N-dealkylation sites (tertiary alicyclic amines) is 1. The van der Waals surface area contributed by atoms with E-state index in [0.29, 0.717) is 18.7 Å². The summed E-state index contributed by atoms with van der Waals surface area (Å²) in [5, 5.41) is 9.31. The molecule has 3 rings (SSSR count). The van der Waals surface area contributed by atoms with Crippen LogP contribution >= 0.6 is 0 Å². The van der Waals surface area contributed by atoms with Crippen LogP contribution in [0.5, 0.6) is 0 Å². The van der Waals surface area contributed by atoms with Gasteiger partial charge in [0.15, 0.2) is 0 Å². The first-order chi connectivity index (χ1) is 12.0. The van der Waals surface area contributed by atoms with Gasteiger partial charge in [-0.1, -0.05) is 18.2 Å². The number of urea groups is 1. The zero-order valence-electron chi connectivity index (χ0n) is 14.4. The van der Waals surface area contributed by atoms with Gasteiger partial charge in [0.1, 0.15) is 0 Å². The largest absolute Gasteiger partial charge is 0.328 e. The van der Waals surface area contributed by atoms with Crippen molar-refractivity contribution in [3.63, 3.8) is 0 Å². The predicted octanol–water partition coefficient (Wildman–Crippen LogP) is 1.09. The minimum absolute atomic E-state index is 0.0619. The Bertz CT molecular complexity index is 714. The molecule has 0 bridgehead atoms. The number of nitrogens with two attached hydrogens (primary N) is 1. The molecule has 0 radical (unpaired) electrons. The lowest BCUT2D eigenvalue weighted by Crippen LogP contribution is -2.63. The van der Waals surface area contributed by atoms with Crippen LogP contribution in [-0.4, -0.2) is 59.0 Å². The van der Waals surface area contributed by atoms with E-state index >= 15 is 0 Å². The second-order valence-corrected chi connectivity index (χ2v) is 6.71. The average Bonchev–Trinajstić information content (AvgIpc) is 2.62. The molecule has 2 aliphatic rings. The molecule has 2 atom stereocenters. The summed E-state index contributed by atoms with van der Waals surface area (Å²) in [6.07, 6.45) is 1.86. The van der Waals surface area contributed by atoms with Gasteiger partial charge in [0.2, 0.25) is 5.91 Å². The Hall–Kier alpha value is -2.43. The summed E-state index contributed by atoms with van der Waals surface area (Å²) in [5.41, 5.74) is 7.42. The first-order valence-corrected chi connectivity index (χ1v) is 8.56. The van der Waals surface area contributed by atoms with E-state index in [2.05, 4.69) is 11.0 Å². The monoisotopic (exact) mass is 341 g/mol. The van der Waals surface area contributed by atoms with Gasteiger partial charge in [-0.05, 0) is 24.5 Å². The molecule has 2 heterocycles. The number of nitrogens with zero attached hydrogens (tertiary/aromatic N) is 4. The van der Waals surface area contributed by atoms with E-state index in [1.54, 1.807) is 17.0 Å². The number of imide groups is 1. The summed E-state index contributed by atoms with van der Waals surface area (Å²) in [6.45, 7) is 1.79. The average molecular weight is 341 g/mol. The van der Waals surface area contributed by atoms with Crippen LogP contribution in [0.4, 0.5) is 4.79 Å². The third kappa shape index (κ3) is 3.50. The summed E-state index contributed by atoms with van der Waals surface area (Å²) in [7, 11) is 1.51. The Balaban J connectivity index is 1.89. The van der Waals surface area contributed by atoms with Gasteiger partial charge < -0.3 is 10.6 Å². The molecule has 1 unspecified atom stereocenters. The third-order valence-corrected chi connectivity index (χ3v) is 5.01. The highest BCUT2D eigenvalue weighted by Gasteiger charge is 2.40. The van der Waals surface area contributed by atoms with Gasteiger partial charge in [0.05, 0.1) is 30.8 Å². The van der Waals surface area contributed by atoms with Crippen molar-refractivity contribution >= 4 is 11.9 Å². The topological polar surface area (TPSA) is 93.7 Å². The van der Waals surface area contributed by atoms with Gasteiger partial charge in [-0.25, -0.2) is 4.79 Å². The Kier molecular flexibility index (Phi) is 5.02. The van der Waals surface area contributed by atoms with Crippen molar-refractivity contribution in [2.45, 2.75) is 38.0 Å². The molecule has 7 nitrogen and oxygen atoms in total. The molecule has 2 fully saturated rings. The van der Waals surface area contributed by atoms with E-state index in [1.807, 2.05) is 12.1 Å². The number of benzene rings is 1. The first-order valence-electron chi connectivity index (χ1n) is 8.56. The molecular formula is C18H23N5O2. The SMILES string of the molecule is CN1C(=O)CC(N2CCC[C@@H](N)C2)N(Cc2ccccc2C#N)C1=O. The molecule has 0 saturated carbocycles. The Morgan fingerprint density at radius 3 is 2.80 bits per heavy atom. The molecular weight excluding hydrogens is 318 g/mol. The fraction of sp³-hybridized carbons (Fsp3) is 0.500. The van der Waals surface area contributed by atoms with Crippen LogP contribution in [0.15, 0.2) is 24.3 Å². The van der Waals surface area contributed by atoms with Crippen LogP contribution < -0.4 is 5.73 Å². The van der Waals surface area contributed by atoms with Crippen molar-refractivity contribution < 1.29 is 9.59 Å². The number of amides is 3. The van der Waals surface area contributed by atoms with E-state index in [9.17, 15) is 14.9 Å². The molecule has 132 valence electrons. The smallest absolute Gasteiger partial charge is 0.327 e. The van der Waals surface area contributed by atoms with E-state index in [1.165, 1.54) is 7.05 Å². The highest BCUT2D eigenvalue weighted by molar-refractivity contribution is 5.96. The number of carbonyl (C=O) groups excluding carboxylic acids is 2. The number of rotatable bonds is 3. The Morgan fingerprint density at radius 1 is 1.32 bits per heavy atom. The van der Waals surface area contributed by atoms with Crippen molar-refractivity contribution in [1.82, 2.24) is 14.7 Å². The van der Waals surface area contributed by atoms with Crippen LogP contribution in [0.3, 0.4) is 0 Å². The molecule has 0 spiro atoms. The van der Waals surface area contributed by atoms with Gasteiger partial charge in [-0.2, -0.15) is 5.26 Å². The van der Waals surface area contributed by atoms with Gasteiger partial charge in [0, 0.05) is 26.2 Å². The lowest BCUT2D eigenvalue weighted by atomic mass is 10.0. The highest BCUT2D eigenvalue weighted by atomic mass is 16.2. The Morgan fingerprint density at radius 2 is 2.08 bits per heavy atom. The number of piperidine rings is 1. The van der Waals surface area contributed by atoms with E-state index in [4.69, 9.17) is 5.73 Å². The molecule has 0 aromatic heterocycles. The van der Waals surface area contributed by atoms with Crippen LogP contribution in [0.2, 0.25) is 0 Å². The summed E-state index contributed by atoms with van der Waals surface area (Å²) in [6, 6.07) is 9.15. The molecule has 7 heteroatoms. The van der Waals surface area contributed by atoms with Crippen molar-refractivity contribution in [1.29, 1.82) is 5.26 Å². The van der Waals surface area contributed by atoms with Crippen LogP contribution in [0.1, 0.15) is 30.4 Å². The molecule has 3 amide bonds. The molecule has 2 N–H and O–H groups in total. The second-order valence-electron chi connectivity index (χ2n) is 6.71. The van der Waals surface area contributed by atoms with Gasteiger partial charge >= 0.3 is 6.03 Å². The minimum atomic E-state index is -0.326. The zero-order valence-corrected chi connectivity index (χ0v) is 14.4. The normalized spacial score (nSPS) is 25.2. The first kappa shape index (κ1) is 17.4. The lowest BCUT2D eigenvalue weighted by Gasteiger charge is -2.46. The number of carbonyl (C=O) groups is 2. The summed E-state index contributed by atoms with van der Waals surface area (Å²) >= 11 is 0. The molecule has 1 aromatic rings. The standard InChI is InChI=1S/C18H23N5O2/c1-21-17(24)9-16(22-8-4-7-15(20)12-22)23(18(21)25)11-14-6-3-2-5-13(14)10-19/h2-3,5-6,15-16H,4,7-9,11-12,20H2,1H3/t15-,16?/m1/s1. The summed E-state index contributed by atoms with van der Waals surface area (Å²) in [4.78, 5) is 30.0. The van der Waals surface area contributed by atoms with Gasteiger partial charge in [-0.15, -0.1) is 0 Å². The van der Waals surface area contributed by atoms with E-state index < -0.39 is 0 Å². The van der Waals surface area contributed by atoms with Crippen LogP contribution in [-0.2, 0) is 11.3 Å². The quantitative estimate of drug-likeness (QED) is 0.888. The van der Waals surface area contributed by atoms with Gasteiger partial charge in [-0.3, -0.25) is 14.6 Å².